The van der Waals surface area contributed by atoms with Crippen LogP contribution in [0.3, 0.4) is 0 Å². The van der Waals surface area contributed by atoms with Gasteiger partial charge in [-0.05, 0) is 23.4 Å². The first-order valence-electron chi connectivity index (χ1n) is 5.45. The standard InChI is InChI=1S/C12H17FN2OS/c1-8(2)17-6-5-12(16)15-11-7-9(14)3-4-10(11)13/h3-4,7-8H,5-6,14H2,1-2H3,(H,15,16). The first-order valence-corrected chi connectivity index (χ1v) is 6.50. The maximum absolute atomic E-state index is 13.3. The zero-order valence-corrected chi connectivity index (χ0v) is 10.8. The van der Waals surface area contributed by atoms with Gasteiger partial charge in [-0.3, -0.25) is 4.79 Å². The second kappa shape index (κ2) is 6.49. The topological polar surface area (TPSA) is 55.1 Å². The average Bonchev–Trinajstić information content (AvgIpc) is 2.23. The van der Waals surface area contributed by atoms with Gasteiger partial charge in [0.25, 0.3) is 0 Å². The van der Waals surface area contributed by atoms with E-state index in [1.165, 1.54) is 18.2 Å². The molecule has 0 saturated carbocycles. The Morgan fingerprint density at radius 2 is 2.24 bits per heavy atom. The molecule has 94 valence electrons. The lowest BCUT2D eigenvalue weighted by Crippen LogP contribution is -2.14. The Balaban J connectivity index is 2.47. The van der Waals surface area contributed by atoms with Crippen LogP contribution in [-0.4, -0.2) is 16.9 Å². The number of benzene rings is 1. The lowest BCUT2D eigenvalue weighted by atomic mass is 10.2. The largest absolute Gasteiger partial charge is 0.399 e. The molecule has 0 aliphatic rings. The van der Waals surface area contributed by atoms with Gasteiger partial charge in [-0.25, -0.2) is 4.39 Å². The number of nitrogens with one attached hydrogen (secondary N) is 1. The molecule has 3 N–H and O–H groups in total. The molecule has 5 heteroatoms. The van der Waals surface area contributed by atoms with Crippen molar-refractivity contribution in [3.63, 3.8) is 0 Å². The van der Waals surface area contributed by atoms with Crippen molar-refractivity contribution in [3.8, 4) is 0 Å². The minimum absolute atomic E-state index is 0.143. The highest BCUT2D eigenvalue weighted by Gasteiger charge is 2.07. The maximum atomic E-state index is 13.3. The number of anilines is 2. The van der Waals surface area contributed by atoms with Crippen LogP contribution in [0.5, 0.6) is 0 Å². The molecule has 0 unspecified atom stereocenters. The number of nitrogens with two attached hydrogens (primary N) is 1. The summed E-state index contributed by atoms with van der Waals surface area (Å²) in [6.45, 7) is 4.14. The summed E-state index contributed by atoms with van der Waals surface area (Å²) in [5.74, 6) is 0.0691. The number of hydrogen-bond donors (Lipinski definition) is 2. The molecule has 0 fully saturated rings. The summed E-state index contributed by atoms with van der Waals surface area (Å²) in [6, 6.07) is 4.12. The SMILES string of the molecule is CC(C)SCCC(=O)Nc1cc(N)ccc1F. The molecule has 0 aromatic heterocycles. The van der Waals surface area contributed by atoms with Gasteiger partial charge >= 0.3 is 0 Å². The van der Waals surface area contributed by atoms with Crippen LogP contribution in [0.4, 0.5) is 15.8 Å². The van der Waals surface area contributed by atoms with Gasteiger partial charge in [0.05, 0.1) is 5.69 Å². The summed E-state index contributed by atoms with van der Waals surface area (Å²) in [7, 11) is 0. The third kappa shape index (κ3) is 5.08. The molecule has 0 heterocycles. The van der Waals surface area contributed by atoms with Gasteiger partial charge in [-0.1, -0.05) is 13.8 Å². The summed E-state index contributed by atoms with van der Waals surface area (Å²) in [4.78, 5) is 11.5. The maximum Gasteiger partial charge on any atom is 0.225 e. The number of amides is 1. The predicted octanol–water partition coefficient (Wildman–Crippen LogP) is 2.88. The van der Waals surface area contributed by atoms with Crippen molar-refractivity contribution in [2.45, 2.75) is 25.5 Å². The van der Waals surface area contributed by atoms with E-state index in [0.29, 0.717) is 17.4 Å². The Morgan fingerprint density at radius 1 is 1.53 bits per heavy atom. The van der Waals surface area contributed by atoms with E-state index in [2.05, 4.69) is 19.2 Å². The van der Waals surface area contributed by atoms with Crippen molar-refractivity contribution >= 4 is 29.0 Å². The number of halogens is 1. The van der Waals surface area contributed by atoms with Crippen LogP contribution >= 0.6 is 11.8 Å². The highest BCUT2D eigenvalue weighted by Crippen LogP contribution is 2.18. The Hall–Kier alpha value is -1.23. The summed E-state index contributed by atoms with van der Waals surface area (Å²) < 4.78 is 13.3. The molecule has 0 bridgehead atoms. The molecule has 0 aliphatic heterocycles. The molecule has 0 spiro atoms. The van der Waals surface area contributed by atoms with Gasteiger partial charge in [0.1, 0.15) is 5.82 Å². The molecule has 0 saturated heterocycles. The van der Waals surface area contributed by atoms with Crippen molar-refractivity contribution in [1.29, 1.82) is 0 Å². The van der Waals surface area contributed by atoms with Gasteiger partial charge in [-0.15, -0.1) is 0 Å². The minimum Gasteiger partial charge on any atom is -0.399 e. The third-order valence-corrected chi connectivity index (χ3v) is 3.15. The fraction of sp³-hybridized carbons (Fsp3) is 0.417. The summed E-state index contributed by atoms with van der Waals surface area (Å²) in [5, 5.41) is 3.01. The van der Waals surface area contributed by atoms with Crippen molar-refractivity contribution < 1.29 is 9.18 Å². The summed E-state index contributed by atoms with van der Waals surface area (Å²) in [6.07, 6.45) is 0.372. The lowest BCUT2D eigenvalue weighted by Gasteiger charge is -2.08. The Bertz CT molecular complexity index is 396. The quantitative estimate of drug-likeness (QED) is 0.796. The van der Waals surface area contributed by atoms with E-state index in [1.54, 1.807) is 11.8 Å². The molecule has 1 aromatic carbocycles. The third-order valence-electron chi connectivity index (χ3n) is 2.04. The number of nitrogen functional groups attached to an aromatic ring is 1. The van der Waals surface area contributed by atoms with E-state index in [9.17, 15) is 9.18 Å². The minimum atomic E-state index is -0.468. The van der Waals surface area contributed by atoms with Crippen LogP contribution in [0.2, 0.25) is 0 Å². The molecule has 0 atom stereocenters. The summed E-state index contributed by atoms with van der Waals surface area (Å²) >= 11 is 1.70. The van der Waals surface area contributed by atoms with E-state index in [-0.39, 0.29) is 11.6 Å². The van der Waals surface area contributed by atoms with Gasteiger partial charge in [0.15, 0.2) is 0 Å². The van der Waals surface area contributed by atoms with Crippen molar-refractivity contribution in [1.82, 2.24) is 0 Å². The van der Waals surface area contributed by atoms with Gasteiger partial charge in [0, 0.05) is 17.9 Å². The molecular weight excluding hydrogens is 239 g/mol. The van der Waals surface area contributed by atoms with E-state index in [0.717, 1.165) is 5.75 Å². The van der Waals surface area contributed by atoms with Crippen molar-refractivity contribution in [2.24, 2.45) is 0 Å². The Kier molecular flexibility index (Phi) is 5.28. The predicted molar refractivity (Wildman–Crippen MR) is 71.7 cm³/mol. The second-order valence-corrected chi connectivity index (χ2v) is 5.64. The Labute approximate surface area is 105 Å². The number of carbonyl (C=O) groups is 1. The van der Waals surface area contributed by atoms with Crippen molar-refractivity contribution in [2.75, 3.05) is 16.8 Å². The van der Waals surface area contributed by atoms with Gasteiger partial charge < -0.3 is 11.1 Å². The number of carbonyl (C=O) groups excluding carboxylic acids is 1. The second-order valence-electron chi connectivity index (χ2n) is 3.96. The van der Waals surface area contributed by atoms with Crippen LogP contribution < -0.4 is 11.1 Å². The summed E-state index contributed by atoms with van der Waals surface area (Å²) in [5.41, 5.74) is 6.09. The fourth-order valence-electron chi connectivity index (χ4n) is 1.24. The molecule has 1 aromatic rings. The zero-order chi connectivity index (χ0) is 12.8. The van der Waals surface area contributed by atoms with Gasteiger partial charge in [0.2, 0.25) is 5.91 Å². The number of rotatable bonds is 5. The van der Waals surface area contributed by atoms with E-state index < -0.39 is 5.82 Å². The van der Waals surface area contributed by atoms with Crippen LogP contribution in [0.15, 0.2) is 18.2 Å². The van der Waals surface area contributed by atoms with Gasteiger partial charge in [-0.2, -0.15) is 11.8 Å². The molecule has 0 aliphatic carbocycles. The number of hydrogen-bond acceptors (Lipinski definition) is 3. The smallest absolute Gasteiger partial charge is 0.225 e. The first kappa shape index (κ1) is 13.8. The highest BCUT2D eigenvalue weighted by atomic mass is 32.2. The van der Waals surface area contributed by atoms with E-state index >= 15 is 0 Å². The lowest BCUT2D eigenvalue weighted by molar-refractivity contribution is -0.115. The molecule has 17 heavy (non-hydrogen) atoms. The van der Waals surface area contributed by atoms with Crippen molar-refractivity contribution in [3.05, 3.63) is 24.0 Å². The molecular formula is C12H17FN2OS. The zero-order valence-electron chi connectivity index (χ0n) is 10.00. The molecule has 0 radical (unpaired) electrons. The first-order chi connectivity index (χ1) is 7.99. The highest BCUT2D eigenvalue weighted by molar-refractivity contribution is 7.99. The molecule has 3 nitrogen and oxygen atoms in total. The molecule has 1 rings (SSSR count). The Morgan fingerprint density at radius 3 is 2.88 bits per heavy atom. The fourth-order valence-corrected chi connectivity index (χ4v) is 2.01. The van der Waals surface area contributed by atoms with Crippen LogP contribution in [0.1, 0.15) is 20.3 Å². The normalized spacial score (nSPS) is 10.6. The van der Waals surface area contributed by atoms with Crippen LogP contribution in [-0.2, 0) is 4.79 Å². The average molecular weight is 256 g/mol. The molecule has 1 amide bonds. The number of thioether (sulfide) groups is 1. The van der Waals surface area contributed by atoms with E-state index in [4.69, 9.17) is 5.73 Å². The van der Waals surface area contributed by atoms with E-state index in [1.807, 2.05) is 0 Å². The van der Waals surface area contributed by atoms with Crippen LogP contribution in [0, 0.1) is 5.82 Å². The monoisotopic (exact) mass is 256 g/mol. The van der Waals surface area contributed by atoms with Crippen LogP contribution in [0.25, 0.3) is 0 Å².